The Hall–Kier alpha value is -2.93. The molecule has 0 atom stereocenters. The number of para-hydroxylation sites is 2. The summed E-state index contributed by atoms with van der Waals surface area (Å²) in [5.41, 5.74) is 2.67. The lowest BCUT2D eigenvalue weighted by Gasteiger charge is -2.30. The van der Waals surface area contributed by atoms with Crippen molar-refractivity contribution in [2.45, 2.75) is 0 Å². The summed E-state index contributed by atoms with van der Waals surface area (Å²) >= 11 is 0. The first-order chi connectivity index (χ1) is 13.2. The highest BCUT2D eigenvalue weighted by Gasteiger charge is 2.15. The molecule has 1 heterocycles. The fourth-order valence-electron chi connectivity index (χ4n) is 3.00. The number of anilines is 3. The Morgan fingerprint density at radius 1 is 1.07 bits per heavy atom. The fraction of sp³-hybridized carbons (Fsp3) is 0.350. The van der Waals surface area contributed by atoms with E-state index in [0.29, 0.717) is 30.4 Å². The van der Waals surface area contributed by atoms with Crippen LogP contribution in [0, 0.1) is 0 Å². The van der Waals surface area contributed by atoms with E-state index in [0.717, 1.165) is 24.5 Å². The van der Waals surface area contributed by atoms with Crippen molar-refractivity contribution < 1.29 is 19.0 Å². The summed E-state index contributed by atoms with van der Waals surface area (Å²) in [4.78, 5) is 14.6. The van der Waals surface area contributed by atoms with E-state index in [1.807, 2.05) is 18.2 Å². The standard InChI is InChI=1S/C20H25N3O4/c1-25-18-8-7-15(13-19(18)26-2)22-20(24)14-21-16-5-3-4-6-17(16)23-9-11-27-12-10-23/h3-8,13,21H,9-12,14H2,1-2H3,(H,22,24). The third-order valence-electron chi connectivity index (χ3n) is 4.36. The zero-order valence-electron chi connectivity index (χ0n) is 15.7. The number of hydrogen-bond donors (Lipinski definition) is 2. The Morgan fingerprint density at radius 3 is 2.56 bits per heavy atom. The summed E-state index contributed by atoms with van der Waals surface area (Å²) in [5.74, 6) is 1.05. The molecule has 0 aliphatic carbocycles. The van der Waals surface area contributed by atoms with Gasteiger partial charge in [-0.3, -0.25) is 4.79 Å². The van der Waals surface area contributed by atoms with Crippen molar-refractivity contribution in [1.82, 2.24) is 0 Å². The fourth-order valence-corrected chi connectivity index (χ4v) is 3.00. The van der Waals surface area contributed by atoms with Crippen LogP contribution in [0.3, 0.4) is 0 Å². The highest BCUT2D eigenvalue weighted by Crippen LogP contribution is 2.30. The number of carbonyl (C=O) groups excluding carboxylic acids is 1. The molecule has 1 fully saturated rings. The van der Waals surface area contributed by atoms with E-state index in [1.54, 1.807) is 32.4 Å². The maximum atomic E-state index is 12.3. The van der Waals surface area contributed by atoms with Crippen molar-refractivity contribution >= 4 is 23.0 Å². The van der Waals surface area contributed by atoms with Crippen molar-refractivity contribution in [3.8, 4) is 11.5 Å². The molecule has 2 aromatic carbocycles. The van der Waals surface area contributed by atoms with Gasteiger partial charge in [0.05, 0.1) is 45.4 Å². The van der Waals surface area contributed by atoms with Crippen LogP contribution in [-0.2, 0) is 9.53 Å². The molecule has 1 aliphatic rings. The first-order valence-electron chi connectivity index (χ1n) is 8.88. The van der Waals surface area contributed by atoms with Crippen LogP contribution >= 0.6 is 0 Å². The summed E-state index contributed by atoms with van der Waals surface area (Å²) in [7, 11) is 3.14. The molecular formula is C20H25N3O4. The van der Waals surface area contributed by atoms with Gasteiger partial charge in [0.15, 0.2) is 11.5 Å². The number of methoxy groups -OCH3 is 2. The molecule has 7 heteroatoms. The van der Waals surface area contributed by atoms with E-state index in [4.69, 9.17) is 14.2 Å². The molecule has 0 spiro atoms. The van der Waals surface area contributed by atoms with E-state index >= 15 is 0 Å². The maximum Gasteiger partial charge on any atom is 0.243 e. The first kappa shape index (κ1) is 18.8. The van der Waals surface area contributed by atoms with Crippen molar-refractivity contribution in [3.05, 3.63) is 42.5 Å². The summed E-state index contributed by atoms with van der Waals surface area (Å²) in [5, 5.41) is 6.10. The SMILES string of the molecule is COc1ccc(NC(=O)CNc2ccccc2N2CCOCC2)cc1OC. The number of hydrogen-bond acceptors (Lipinski definition) is 6. The highest BCUT2D eigenvalue weighted by atomic mass is 16.5. The molecular weight excluding hydrogens is 346 g/mol. The largest absolute Gasteiger partial charge is 0.493 e. The molecule has 0 unspecified atom stereocenters. The molecule has 0 saturated carbocycles. The van der Waals surface area contributed by atoms with Gasteiger partial charge in [-0.05, 0) is 24.3 Å². The number of rotatable bonds is 7. The summed E-state index contributed by atoms with van der Waals surface area (Å²) in [6.07, 6.45) is 0. The quantitative estimate of drug-likeness (QED) is 0.780. The minimum Gasteiger partial charge on any atom is -0.493 e. The Morgan fingerprint density at radius 2 is 1.81 bits per heavy atom. The maximum absolute atomic E-state index is 12.3. The van der Waals surface area contributed by atoms with Crippen LogP contribution in [0.4, 0.5) is 17.1 Å². The van der Waals surface area contributed by atoms with Crippen molar-refractivity contribution in [2.75, 3.05) is 62.6 Å². The normalized spacial score (nSPS) is 13.8. The Bertz CT molecular complexity index is 776. The average Bonchev–Trinajstić information content (AvgIpc) is 2.73. The summed E-state index contributed by atoms with van der Waals surface area (Å²) < 4.78 is 15.9. The number of amides is 1. The molecule has 1 aliphatic heterocycles. The number of nitrogens with one attached hydrogen (secondary N) is 2. The minimum atomic E-state index is -0.140. The average molecular weight is 371 g/mol. The lowest BCUT2D eigenvalue weighted by Crippen LogP contribution is -2.36. The van der Waals surface area contributed by atoms with Gasteiger partial charge in [0.1, 0.15) is 0 Å². The van der Waals surface area contributed by atoms with Gasteiger partial charge in [-0.1, -0.05) is 12.1 Å². The molecule has 144 valence electrons. The van der Waals surface area contributed by atoms with Crippen LogP contribution in [0.25, 0.3) is 0 Å². The number of benzene rings is 2. The van der Waals surface area contributed by atoms with Gasteiger partial charge in [-0.15, -0.1) is 0 Å². The van der Waals surface area contributed by atoms with Crippen LogP contribution in [0.15, 0.2) is 42.5 Å². The molecule has 27 heavy (non-hydrogen) atoms. The molecule has 1 saturated heterocycles. The third-order valence-corrected chi connectivity index (χ3v) is 4.36. The van der Waals surface area contributed by atoms with Crippen LogP contribution < -0.4 is 25.0 Å². The van der Waals surface area contributed by atoms with Gasteiger partial charge in [-0.2, -0.15) is 0 Å². The highest BCUT2D eigenvalue weighted by molar-refractivity contribution is 5.94. The van der Waals surface area contributed by atoms with Gasteiger partial charge in [0.2, 0.25) is 5.91 Å². The predicted molar refractivity (Wildman–Crippen MR) is 106 cm³/mol. The van der Waals surface area contributed by atoms with Crippen molar-refractivity contribution in [3.63, 3.8) is 0 Å². The predicted octanol–water partition coefficient (Wildman–Crippen LogP) is 2.59. The second-order valence-electron chi connectivity index (χ2n) is 6.09. The Balaban J connectivity index is 1.61. The van der Waals surface area contributed by atoms with Crippen LogP contribution in [0.1, 0.15) is 0 Å². The smallest absolute Gasteiger partial charge is 0.243 e. The summed E-state index contributed by atoms with van der Waals surface area (Å²) in [6.45, 7) is 3.28. The van der Waals surface area contributed by atoms with Crippen LogP contribution in [0.5, 0.6) is 11.5 Å². The van der Waals surface area contributed by atoms with Gasteiger partial charge < -0.3 is 29.7 Å². The molecule has 2 aromatic rings. The molecule has 0 bridgehead atoms. The monoisotopic (exact) mass is 371 g/mol. The van der Waals surface area contributed by atoms with Crippen LogP contribution in [0.2, 0.25) is 0 Å². The van der Waals surface area contributed by atoms with E-state index in [9.17, 15) is 4.79 Å². The molecule has 1 amide bonds. The lowest BCUT2D eigenvalue weighted by molar-refractivity contribution is -0.114. The van der Waals surface area contributed by atoms with Crippen LogP contribution in [-0.4, -0.2) is 53.0 Å². The number of carbonyl (C=O) groups is 1. The first-order valence-corrected chi connectivity index (χ1v) is 8.88. The third kappa shape index (κ3) is 4.83. The Kier molecular flexibility index (Phi) is 6.38. The lowest BCUT2D eigenvalue weighted by atomic mass is 10.2. The van der Waals surface area contributed by atoms with Crippen molar-refractivity contribution in [1.29, 1.82) is 0 Å². The topological polar surface area (TPSA) is 72.1 Å². The second kappa shape index (κ2) is 9.14. The molecule has 0 aromatic heterocycles. The van der Waals surface area contributed by atoms with Gasteiger partial charge in [0, 0.05) is 24.8 Å². The van der Waals surface area contributed by atoms with E-state index < -0.39 is 0 Å². The zero-order valence-corrected chi connectivity index (χ0v) is 15.7. The zero-order chi connectivity index (χ0) is 19.1. The minimum absolute atomic E-state index is 0.140. The summed E-state index contributed by atoms with van der Waals surface area (Å²) in [6, 6.07) is 13.3. The van der Waals surface area contributed by atoms with E-state index in [1.165, 1.54) is 0 Å². The van der Waals surface area contributed by atoms with E-state index in [-0.39, 0.29) is 12.5 Å². The van der Waals surface area contributed by atoms with Gasteiger partial charge in [0.25, 0.3) is 0 Å². The van der Waals surface area contributed by atoms with Crippen molar-refractivity contribution in [2.24, 2.45) is 0 Å². The van der Waals surface area contributed by atoms with Gasteiger partial charge >= 0.3 is 0 Å². The molecule has 0 radical (unpaired) electrons. The number of morpholine rings is 1. The molecule has 3 rings (SSSR count). The number of nitrogens with zero attached hydrogens (tertiary/aromatic N) is 1. The molecule has 2 N–H and O–H groups in total. The van der Waals surface area contributed by atoms with E-state index in [2.05, 4.69) is 21.6 Å². The second-order valence-corrected chi connectivity index (χ2v) is 6.09. The van der Waals surface area contributed by atoms with Gasteiger partial charge in [-0.25, -0.2) is 0 Å². The Labute approximate surface area is 159 Å². The molecule has 7 nitrogen and oxygen atoms in total. The number of ether oxygens (including phenoxy) is 3.